The average molecular weight is 398 g/mol. The number of carbonyl (C=O) groups excluding carboxylic acids is 1. The van der Waals surface area contributed by atoms with Gasteiger partial charge in [0.05, 0.1) is 19.8 Å². The number of rotatable bonds is 6. The molecule has 0 bridgehead atoms. The number of hydrogen-bond donors (Lipinski definition) is 1. The van der Waals surface area contributed by atoms with Gasteiger partial charge in [-0.3, -0.25) is 9.69 Å². The number of hydrogen-bond acceptors (Lipinski definition) is 5. The second kappa shape index (κ2) is 9.79. The van der Waals surface area contributed by atoms with Gasteiger partial charge in [-0.05, 0) is 73.2 Å². The fourth-order valence-electron chi connectivity index (χ4n) is 4.36. The third-order valence-electron chi connectivity index (χ3n) is 5.70. The molecule has 2 aliphatic rings. The Kier molecular flexibility index (Phi) is 7.15. The van der Waals surface area contributed by atoms with Crippen LogP contribution >= 0.6 is 0 Å². The van der Waals surface area contributed by atoms with Crippen LogP contribution in [0.15, 0.2) is 48.5 Å². The van der Waals surface area contributed by atoms with Gasteiger partial charge in [0.15, 0.2) is 5.78 Å². The van der Waals surface area contributed by atoms with Gasteiger partial charge in [0, 0.05) is 18.7 Å². The lowest BCUT2D eigenvalue weighted by atomic mass is 10.0. The maximum Gasteiger partial charge on any atom is 0.176 e. The lowest BCUT2D eigenvalue weighted by Crippen LogP contribution is -2.30. The van der Waals surface area contributed by atoms with Gasteiger partial charge >= 0.3 is 0 Å². The second-order valence-corrected chi connectivity index (χ2v) is 7.57. The summed E-state index contributed by atoms with van der Waals surface area (Å²) < 4.78 is 11.3. The molecular weight excluding hydrogens is 366 g/mol. The van der Waals surface area contributed by atoms with Gasteiger partial charge in [0.25, 0.3) is 0 Å². The molecule has 29 heavy (non-hydrogen) atoms. The average Bonchev–Trinajstić information content (AvgIpc) is 3.28. The predicted molar refractivity (Wildman–Crippen MR) is 114 cm³/mol. The minimum absolute atomic E-state index is 0.112. The van der Waals surface area contributed by atoms with Crippen LogP contribution in [0, 0.1) is 11.8 Å². The molecule has 0 aromatic heterocycles. The molecule has 4 rings (SSSR count). The summed E-state index contributed by atoms with van der Waals surface area (Å²) in [5.41, 5.74) is 0.658. The largest absolute Gasteiger partial charge is 0.508 e. The van der Waals surface area contributed by atoms with Crippen molar-refractivity contribution >= 4 is 5.78 Å². The topological polar surface area (TPSA) is 59.0 Å². The van der Waals surface area contributed by atoms with E-state index < -0.39 is 0 Å². The number of carbonyl (C=O) groups is 1. The van der Waals surface area contributed by atoms with Crippen LogP contribution in [-0.2, 0) is 0 Å². The molecule has 0 amide bonds. The highest BCUT2D eigenvalue weighted by Gasteiger charge is 2.42. The normalized spacial score (nSPS) is 23.1. The minimum atomic E-state index is 0.112. The standard InChI is InChI=1S/C22H25NO4.C2H6/c1-26-19-6-8-20(9-7-19)27-21-10-16-12-23(13-17(16)11-21)14-22(25)15-2-4-18(24)5-3-15;1-2/h2-9,16-17,21,24H,10-14H2,1H3;1-2H3. The molecule has 1 heterocycles. The van der Waals surface area contributed by atoms with Crippen LogP contribution in [0.3, 0.4) is 0 Å². The Morgan fingerprint density at radius 3 is 2.07 bits per heavy atom. The van der Waals surface area contributed by atoms with Crippen molar-refractivity contribution in [2.75, 3.05) is 26.7 Å². The highest BCUT2D eigenvalue weighted by molar-refractivity contribution is 5.97. The molecule has 2 atom stereocenters. The predicted octanol–water partition coefficient (Wildman–Crippen LogP) is 4.40. The smallest absolute Gasteiger partial charge is 0.176 e. The van der Waals surface area contributed by atoms with E-state index >= 15 is 0 Å². The van der Waals surface area contributed by atoms with Crippen molar-refractivity contribution in [1.82, 2.24) is 4.90 Å². The number of methoxy groups -OCH3 is 1. The van der Waals surface area contributed by atoms with Crippen molar-refractivity contribution in [2.24, 2.45) is 11.8 Å². The fraction of sp³-hybridized carbons (Fsp3) is 0.458. The maximum absolute atomic E-state index is 12.4. The van der Waals surface area contributed by atoms with Crippen molar-refractivity contribution < 1.29 is 19.4 Å². The maximum atomic E-state index is 12.4. The fourth-order valence-corrected chi connectivity index (χ4v) is 4.36. The molecule has 1 saturated carbocycles. The number of Topliss-reactive ketones (excluding diaryl/α,β-unsaturated/α-hetero) is 1. The molecule has 2 fully saturated rings. The Bertz CT molecular complexity index is 774. The lowest BCUT2D eigenvalue weighted by molar-refractivity contribution is 0.0936. The Labute approximate surface area is 173 Å². The molecule has 5 nitrogen and oxygen atoms in total. The first-order valence-corrected chi connectivity index (χ1v) is 10.5. The zero-order valence-corrected chi connectivity index (χ0v) is 17.5. The summed E-state index contributed by atoms with van der Waals surface area (Å²) in [6.07, 6.45) is 2.34. The van der Waals surface area contributed by atoms with Crippen LogP contribution in [0.25, 0.3) is 0 Å². The first kappa shape index (κ1) is 21.2. The Morgan fingerprint density at radius 2 is 1.52 bits per heavy atom. The minimum Gasteiger partial charge on any atom is -0.508 e. The van der Waals surface area contributed by atoms with Gasteiger partial charge in [0.1, 0.15) is 17.2 Å². The Balaban J connectivity index is 0.00000117. The number of benzene rings is 2. The zero-order valence-electron chi connectivity index (χ0n) is 17.5. The number of phenolic OH excluding ortho intramolecular Hbond substituents is 1. The van der Waals surface area contributed by atoms with Crippen LogP contribution in [0.1, 0.15) is 37.0 Å². The van der Waals surface area contributed by atoms with Crippen molar-refractivity contribution in [3.63, 3.8) is 0 Å². The number of fused-ring (bicyclic) bond motifs is 1. The second-order valence-electron chi connectivity index (χ2n) is 7.57. The van der Waals surface area contributed by atoms with E-state index in [1.165, 1.54) is 0 Å². The van der Waals surface area contributed by atoms with E-state index in [-0.39, 0.29) is 17.6 Å². The monoisotopic (exact) mass is 397 g/mol. The van der Waals surface area contributed by atoms with Crippen LogP contribution in [0.4, 0.5) is 0 Å². The first-order valence-electron chi connectivity index (χ1n) is 10.5. The van der Waals surface area contributed by atoms with Crippen molar-refractivity contribution in [3.05, 3.63) is 54.1 Å². The summed E-state index contributed by atoms with van der Waals surface area (Å²) in [5.74, 6) is 3.22. The SMILES string of the molecule is CC.COc1ccc(OC2CC3CN(CC(=O)c4ccc(O)cc4)CC3C2)cc1. The molecule has 0 radical (unpaired) electrons. The summed E-state index contributed by atoms with van der Waals surface area (Å²) in [7, 11) is 1.66. The first-order chi connectivity index (χ1) is 14.1. The molecular formula is C24H31NO4. The summed E-state index contributed by atoms with van der Waals surface area (Å²) >= 11 is 0. The number of nitrogens with zero attached hydrogens (tertiary/aromatic N) is 1. The Hall–Kier alpha value is -2.53. The molecule has 0 spiro atoms. The van der Waals surface area contributed by atoms with E-state index in [1.807, 2.05) is 38.1 Å². The summed E-state index contributed by atoms with van der Waals surface area (Å²) in [4.78, 5) is 14.7. The van der Waals surface area contributed by atoms with Gasteiger partial charge in [0.2, 0.25) is 0 Å². The van der Waals surface area contributed by atoms with Gasteiger partial charge in [-0.15, -0.1) is 0 Å². The number of ketones is 1. The lowest BCUT2D eigenvalue weighted by Gasteiger charge is -2.19. The van der Waals surface area contributed by atoms with Crippen molar-refractivity contribution in [2.45, 2.75) is 32.8 Å². The van der Waals surface area contributed by atoms with Crippen LogP contribution < -0.4 is 9.47 Å². The van der Waals surface area contributed by atoms with E-state index in [2.05, 4.69) is 4.90 Å². The van der Waals surface area contributed by atoms with Gasteiger partial charge in [-0.2, -0.15) is 0 Å². The van der Waals surface area contributed by atoms with E-state index in [1.54, 1.807) is 31.4 Å². The van der Waals surface area contributed by atoms with Crippen molar-refractivity contribution in [3.8, 4) is 17.2 Å². The molecule has 1 saturated heterocycles. The van der Waals surface area contributed by atoms with Crippen LogP contribution in [0.5, 0.6) is 17.2 Å². The van der Waals surface area contributed by atoms with E-state index in [4.69, 9.17) is 9.47 Å². The van der Waals surface area contributed by atoms with Crippen LogP contribution in [-0.4, -0.2) is 48.6 Å². The summed E-state index contributed by atoms with van der Waals surface area (Å²) in [5, 5.41) is 9.35. The number of ether oxygens (including phenoxy) is 2. The van der Waals surface area contributed by atoms with Crippen molar-refractivity contribution in [1.29, 1.82) is 0 Å². The highest BCUT2D eigenvalue weighted by Crippen LogP contribution is 2.39. The third kappa shape index (κ3) is 5.30. The zero-order chi connectivity index (χ0) is 20.8. The molecule has 2 unspecified atom stereocenters. The summed E-state index contributed by atoms with van der Waals surface area (Å²) in [6, 6.07) is 14.2. The molecule has 1 N–H and O–H groups in total. The third-order valence-corrected chi connectivity index (χ3v) is 5.70. The molecule has 156 valence electrons. The molecule has 5 heteroatoms. The Morgan fingerprint density at radius 1 is 0.966 bits per heavy atom. The molecule has 2 aromatic rings. The van der Waals surface area contributed by atoms with Crippen LogP contribution in [0.2, 0.25) is 0 Å². The molecule has 2 aromatic carbocycles. The summed E-state index contributed by atoms with van der Waals surface area (Å²) in [6.45, 7) is 6.36. The number of phenols is 1. The van der Waals surface area contributed by atoms with Gasteiger partial charge < -0.3 is 14.6 Å². The molecule has 1 aliphatic carbocycles. The van der Waals surface area contributed by atoms with E-state index in [9.17, 15) is 9.90 Å². The number of likely N-dealkylation sites (tertiary alicyclic amines) is 1. The van der Waals surface area contributed by atoms with E-state index in [0.29, 0.717) is 23.9 Å². The van der Waals surface area contributed by atoms with E-state index in [0.717, 1.165) is 37.4 Å². The molecule has 1 aliphatic heterocycles. The number of aromatic hydroxyl groups is 1. The van der Waals surface area contributed by atoms with Gasteiger partial charge in [-0.1, -0.05) is 13.8 Å². The van der Waals surface area contributed by atoms with Gasteiger partial charge in [-0.25, -0.2) is 0 Å². The quantitative estimate of drug-likeness (QED) is 0.732. The highest BCUT2D eigenvalue weighted by atomic mass is 16.5.